The van der Waals surface area contributed by atoms with E-state index in [1.807, 2.05) is 63.2 Å². The van der Waals surface area contributed by atoms with Crippen LogP contribution in [-0.4, -0.2) is 43.4 Å². The molecule has 7 heteroatoms. The second kappa shape index (κ2) is 9.02. The Balaban J connectivity index is 1.62. The number of aliphatic hydroxyl groups is 3. The van der Waals surface area contributed by atoms with Crippen molar-refractivity contribution in [2.75, 3.05) is 0 Å². The maximum Gasteiger partial charge on any atom is 0.203 e. The van der Waals surface area contributed by atoms with Crippen LogP contribution in [-0.2, 0) is 20.8 Å². The Labute approximate surface area is 251 Å². The zero-order valence-corrected chi connectivity index (χ0v) is 25.6. The number of fused-ring (bicyclic) bond motifs is 4. The number of aliphatic hydroxyl groups excluding tert-OH is 2. The molecule has 1 saturated carbocycles. The molecule has 0 amide bonds. The molecule has 43 heavy (non-hydrogen) atoms. The van der Waals surface area contributed by atoms with E-state index in [-0.39, 0.29) is 22.8 Å². The summed E-state index contributed by atoms with van der Waals surface area (Å²) < 4.78 is 0. The van der Waals surface area contributed by atoms with Crippen molar-refractivity contribution in [2.45, 2.75) is 66.4 Å². The number of ketones is 3. The lowest BCUT2D eigenvalue weighted by Crippen LogP contribution is -2.72. The molecule has 2 aromatic rings. The monoisotopic (exact) mass is 582 g/mol. The Morgan fingerprint density at radius 3 is 2.26 bits per heavy atom. The average Bonchev–Trinajstić information content (AvgIpc) is 3.37. The second-order valence-corrected chi connectivity index (χ2v) is 13.6. The smallest absolute Gasteiger partial charge is 0.203 e. The van der Waals surface area contributed by atoms with Gasteiger partial charge in [-0.2, -0.15) is 0 Å². The minimum atomic E-state index is -2.65. The maximum absolute atomic E-state index is 14.7. The number of benzene rings is 2. The third kappa shape index (κ3) is 3.26. The number of carbonyl (C=O) groups is 3. The van der Waals surface area contributed by atoms with E-state index in [1.54, 1.807) is 20.8 Å². The van der Waals surface area contributed by atoms with E-state index < -0.39 is 68.6 Å². The molecule has 4 aliphatic rings. The molecule has 4 N–H and O–H groups in total. The van der Waals surface area contributed by atoms with Crippen LogP contribution in [0.2, 0.25) is 0 Å². The molecule has 0 aliphatic heterocycles. The molecule has 7 nitrogen and oxygen atoms in total. The minimum Gasteiger partial charge on any atom is -0.508 e. The largest absolute Gasteiger partial charge is 0.508 e. The van der Waals surface area contributed by atoms with Gasteiger partial charge in [0.25, 0.3) is 0 Å². The highest BCUT2D eigenvalue weighted by atomic mass is 16.3. The van der Waals surface area contributed by atoms with Crippen molar-refractivity contribution in [3.63, 3.8) is 0 Å². The van der Waals surface area contributed by atoms with Crippen LogP contribution in [0.25, 0.3) is 17.4 Å². The van der Waals surface area contributed by atoms with Gasteiger partial charge in [-0.15, -0.1) is 0 Å². The van der Waals surface area contributed by atoms with Crippen molar-refractivity contribution in [2.24, 2.45) is 28.6 Å². The predicted molar refractivity (Wildman–Crippen MR) is 163 cm³/mol. The van der Waals surface area contributed by atoms with E-state index in [2.05, 4.69) is 0 Å². The third-order valence-corrected chi connectivity index (χ3v) is 11.6. The van der Waals surface area contributed by atoms with E-state index in [0.29, 0.717) is 17.5 Å². The highest BCUT2D eigenvalue weighted by Gasteiger charge is 2.75. The van der Waals surface area contributed by atoms with Gasteiger partial charge in [0.1, 0.15) is 22.8 Å². The van der Waals surface area contributed by atoms with Gasteiger partial charge in [-0.25, -0.2) is 0 Å². The Morgan fingerprint density at radius 1 is 1.00 bits per heavy atom. The number of phenols is 1. The topological polar surface area (TPSA) is 132 Å². The van der Waals surface area contributed by atoms with Crippen molar-refractivity contribution in [3.05, 3.63) is 81.1 Å². The second-order valence-electron chi connectivity index (χ2n) is 13.6. The van der Waals surface area contributed by atoms with E-state index in [0.717, 1.165) is 23.6 Å². The first kappa shape index (κ1) is 29.1. The molecule has 0 spiro atoms. The number of carbonyl (C=O) groups excluding carboxylic acids is 3. The summed E-state index contributed by atoms with van der Waals surface area (Å²) in [4.78, 5) is 41.2. The quantitative estimate of drug-likeness (QED) is 0.322. The molecule has 1 fully saturated rings. The maximum atomic E-state index is 14.7. The molecule has 0 aromatic heterocycles. The Morgan fingerprint density at radius 2 is 1.65 bits per heavy atom. The number of hydrogen-bond donors (Lipinski definition) is 4. The third-order valence-electron chi connectivity index (χ3n) is 11.6. The molecule has 0 saturated heterocycles. The van der Waals surface area contributed by atoms with Gasteiger partial charge in [0.05, 0.1) is 5.56 Å². The molecule has 224 valence electrons. The molecule has 0 radical (unpaired) electrons. The summed E-state index contributed by atoms with van der Waals surface area (Å²) in [6, 6.07) is 11.6. The molecule has 0 heterocycles. The summed E-state index contributed by atoms with van der Waals surface area (Å²) in [5, 5.41) is 47.6. The van der Waals surface area contributed by atoms with Crippen LogP contribution in [0.5, 0.6) is 5.75 Å². The zero-order chi connectivity index (χ0) is 31.5. The molecule has 4 aliphatic carbocycles. The Bertz CT molecular complexity index is 1760. The van der Waals surface area contributed by atoms with Crippen molar-refractivity contribution in [1.82, 2.24) is 0 Å². The fraction of sp³-hybridized carbons (Fsp3) is 0.417. The number of aromatic hydroxyl groups is 1. The van der Waals surface area contributed by atoms with Gasteiger partial charge >= 0.3 is 0 Å². The number of Topliss-reactive ketones (excluding diaryl/α,β-unsaturated/α-hetero) is 3. The van der Waals surface area contributed by atoms with E-state index >= 15 is 0 Å². The summed E-state index contributed by atoms with van der Waals surface area (Å²) >= 11 is 0. The number of phenolic OH excluding ortho intramolecular Hbond substituents is 1. The Kier molecular flexibility index (Phi) is 6.11. The number of allylic oxidation sites excluding steroid dienone is 2. The highest BCUT2D eigenvalue weighted by molar-refractivity contribution is 6.24. The van der Waals surface area contributed by atoms with Gasteiger partial charge < -0.3 is 20.4 Å². The molecule has 6 rings (SSSR count). The van der Waals surface area contributed by atoms with Crippen LogP contribution in [0.4, 0.5) is 0 Å². The fourth-order valence-electron chi connectivity index (χ4n) is 9.07. The normalized spacial score (nSPS) is 33.2. The predicted octanol–water partition coefficient (Wildman–Crippen LogP) is 6.09. The molecular formula is C36H38O7. The van der Waals surface area contributed by atoms with Gasteiger partial charge in [0.2, 0.25) is 5.78 Å². The number of rotatable bonds is 3. The minimum absolute atomic E-state index is 0.115. The molecule has 6 atom stereocenters. The van der Waals surface area contributed by atoms with E-state index in [9.17, 15) is 34.8 Å². The average molecular weight is 583 g/mol. The van der Waals surface area contributed by atoms with Gasteiger partial charge in [-0.1, -0.05) is 84.0 Å². The summed E-state index contributed by atoms with van der Waals surface area (Å²) in [5.74, 6) is -6.33. The van der Waals surface area contributed by atoms with Crippen LogP contribution < -0.4 is 0 Å². The van der Waals surface area contributed by atoms with E-state index in [4.69, 9.17) is 0 Å². The van der Waals surface area contributed by atoms with Crippen LogP contribution >= 0.6 is 0 Å². The van der Waals surface area contributed by atoms with Crippen LogP contribution in [0.3, 0.4) is 0 Å². The van der Waals surface area contributed by atoms with Crippen molar-refractivity contribution in [1.29, 1.82) is 0 Å². The first-order valence-corrected chi connectivity index (χ1v) is 14.9. The Hall–Kier alpha value is -3.97. The summed E-state index contributed by atoms with van der Waals surface area (Å²) in [5.41, 5.74) is -1.66. The van der Waals surface area contributed by atoms with Crippen LogP contribution in [0, 0.1) is 28.6 Å². The molecule has 0 bridgehead atoms. The summed E-state index contributed by atoms with van der Waals surface area (Å²) in [6.45, 7) is 11.9. The lowest BCUT2D eigenvalue weighted by Gasteiger charge is -2.64. The zero-order valence-electron chi connectivity index (χ0n) is 25.6. The summed E-state index contributed by atoms with van der Waals surface area (Å²) in [7, 11) is 0. The SMILES string of the molecule is CC(=O)C1=C(O)[C@]2(O)C(=O)C3=C(O)c4c(ccc(C5=Cc6ccccc6C5)c4O)[C@@H](C)[C@]3(C)[C@@H](C)[C@]2(C)C(C(C)C)C1=O. The lowest BCUT2D eigenvalue weighted by atomic mass is 9.38. The standard InChI is InChI=1S/C36H38O7/c1-16(2)27-30(39)25(18(4)37)32(41)36(43)33(42)28-31(40)26-23(17(3)34(28,6)19(5)35(27,36)7)12-13-24(29(26)38)22-14-20-10-8-9-11-21(20)15-22/h8-14,16-17,19,27,38,40-41,43H,15H2,1-7H3/t17-,19-,27?,34-,35-,36+/m1/s1. The van der Waals surface area contributed by atoms with Crippen molar-refractivity contribution < 1.29 is 34.8 Å². The number of hydrogen-bond acceptors (Lipinski definition) is 7. The first-order valence-electron chi connectivity index (χ1n) is 14.9. The van der Waals surface area contributed by atoms with Gasteiger partial charge in [0.15, 0.2) is 17.2 Å². The lowest BCUT2D eigenvalue weighted by molar-refractivity contribution is -0.195. The van der Waals surface area contributed by atoms with Crippen molar-refractivity contribution in [3.8, 4) is 5.75 Å². The fourth-order valence-corrected chi connectivity index (χ4v) is 9.07. The van der Waals surface area contributed by atoms with Crippen LogP contribution in [0.15, 0.2) is 53.3 Å². The first-order chi connectivity index (χ1) is 20.1. The van der Waals surface area contributed by atoms with Gasteiger partial charge in [-0.05, 0) is 53.4 Å². The molecular weight excluding hydrogens is 544 g/mol. The van der Waals surface area contributed by atoms with Gasteiger partial charge in [0, 0.05) is 27.9 Å². The van der Waals surface area contributed by atoms with E-state index in [1.165, 1.54) is 0 Å². The summed E-state index contributed by atoms with van der Waals surface area (Å²) in [6.07, 6.45) is 2.59. The van der Waals surface area contributed by atoms with Gasteiger partial charge in [-0.3, -0.25) is 14.4 Å². The highest BCUT2D eigenvalue weighted by Crippen LogP contribution is 2.70. The molecule has 1 unspecified atom stereocenters. The van der Waals surface area contributed by atoms with Crippen molar-refractivity contribution >= 4 is 34.8 Å². The molecule has 2 aromatic carbocycles. The van der Waals surface area contributed by atoms with Crippen LogP contribution in [0.1, 0.15) is 82.2 Å².